The summed E-state index contributed by atoms with van der Waals surface area (Å²) in [5, 5.41) is 9.54. The maximum absolute atomic E-state index is 6.89. The molecule has 0 N–H and O–H groups in total. The fourth-order valence-corrected chi connectivity index (χ4v) is 11.5. The molecule has 3 heterocycles. The number of benzene rings is 9. The molecule has 3 aromatic heterocycles. The lowest BCUT2D eigenvalue weighted by atomic mass is 9.89. The van der Waals surface area contributed by atoms with E-state index in [0.717, 1.165) is 92.0 Å². The van der Waals surface area contributed by atoms with Gasteiger partial charge in [0.05, 0.1) is 6.04 Å². The highest BCUT2D eigenvalue weighted by atomic mass is 32.1. The van der Waals surface area contributed by atoms with E-state index < -0.39 is 0 Å². The number of unbranched alkanes of at least 4 members (excludes halogenated alkanes) is 1. The van der Waals surface area contributed by atoms with Gasteiger partial charge in [0.1, 0.15) is 22.3 Å². The van der Waals surface area contributed by atoms with Crippen molar-refractivity contribution in [3.63, 3.8) is 0 Å². The van der Waals surface area contributed by atoms with Crippen LogP contribution in [0.3, 0.4) is 0 Å². The molecule has 1 unspecified atom stereocenters. The lowest BCUT2D eigenvalue weighted by Gasteiger charge is -2.20. The van der Waals surface area contributed by atoms with Gasteiger partial charge >= 0.3 is 0 Å². The van der Waals surface area contributed by atoms with Crippen LogP contribution in [0.25, 0.3) is 103 Å². The van der Waals surface area contributed by atoms with Gasteiger partial charge in [0.25, 0.3) is 0 Å². The smallest absolute Gasteiger partial charge is 0.143 e. The third-order valence-electron chi connectivity index (χ3n) is 13.4. The monoisotopic (exact) mass is 869 g/mol. The number of furan rings is 2. The second kappa shape index (κ2) is 16.8. The average molecular weight is 870 g/mol. The van der Waals surface area contributed by atoms with E-state index in [9.17, 15) is 0 Å². The largest absolute Gasteiger partial charge is 0.456 e. The average Bonchev–Trinajstić information content (AvgIpc) is 4.07. The first-order chi connectivity index (χ1) is 32.6. The molecule has 9 aromatic carbocycles. The molecule has 0 aliphatic rings. The van der Waals surface area contributed by atoms with Gasteiger partial charge in [-0.2, -0.15) is 0 Å². The highest BCUT2D eigenvalue weighted by molar-refractivity contribution is 7.25. The SMILES string of the molecule is CCCCC(/N=C(\C/C(C)=C\c1cccc2sc3ccccc3c12)c1ccccc1)c1ccc(-c2cccc3oc4c(-c5cccc6oc7ccccc7c56)cccc4c23)c2ccccc12. The molecule has 0 saturated heterocycles. The minimum atomic E-state index is -0.0222. The molecule has 0 aliphatic heterocycles. The molecule has 0 aliphatic carbocycles. The Bertz CT molecular complexity index is 3860. The van der Waals surface area contributed by atoms with Crippen molar-refractivity contribution in [3.8, 4) is 22.3 Å². The van der Waals surface area contributed by atoms with Crippen molar-refractivity contribution in [1.82, 2.24) is 0 Å². The number of aliphatic imine (C=N–C) groups is 1. The lowest BCUT2D eigenvalue weighted by Crippen LogP contribution is -2.07. The fraction of sp³-hybridized carbons (Fsp3) is 0.113. The standard InChI is InChI=1S/C62H47NO2S/c1-3-4-29-52(63-53(40-18-6-5-7-19-40)38-39(2)37-41-20-14-34-58-59(41)50-24-11-13-33-57(50)66-58)45-36-35-44(42-21-8-9-22-43(42)45)46-25-16-32-56-61(46)51-28-15-27-48(62(51)65-56)47-26-17-31-55-60(47)49-23-10-12-30-54(49)64-55/h5-28,30-37,52H,3-4,29,38H2,1-2H3/b39-37-,63-53+. The minimum absolute atomic E-state index is 0.0222. The van der Waals surface area contributed by atoms with Gasteiger partial charge in [0, 0.05) is 59.4 Å². The molecule has 3 nitrogen and oxygen atoms in total. The van der Waals surface area contributed by atoms with Crippen LogP contribution in [0.5, 0.6) is 0 Å². The summed E-state index contributed by atoms with van der Waals surface area (Å²) in [5.74, 6) is 0. The fourth-order valence-electron chi connectivity index (χ4n) is 10.4. The summed E-state index contributed by atoms with van der Waals surface area (Å²) in [6.07, 6.45) is 6.28. The molecule has 0 radical (unpaired) electrons. The van der Waals surface area contributed by atoms with Crippen molar-refractivity contribution in [3.05, 3.63) is 210 Å². The summed E-state index contributed by atoms with van der Waals surface area (Å²) in [6, 6.07) is 67.5. The van der Waals surface area contributed by atoms with Gasteiger partial charge in [0.2, 0.25) is 0 Å². The predicted molar refractivity (Wildman–Crippen MR) is 282 cm³/mol. The van der Waals surface area contributed by atoms with Crippen molar-refractivity contribution in [2.75, 3.05) is 0 Å². The maximum atomic E-state index is 6.89. The van der Waals surface area contributed by atoms with Crippen LogP contribution in [0, 0.1) is 0 Å². The van der Waals surface area contributed by atoms with Gasteiger partial charge in [-0.3, -0.25) is 4.99 Å². The number of nitrogens with zero attached hydrogens (tertiary/aromatic N) is 1. The summed E-state index contributed by atoms with van der Waals surface area (Å²) in [6.45, 7) is 4.54. The highest BCUT2D eigenvalue weighted by Crippen LogP contribution is 2.46. The summed E-state index contributed by atoms with van der Waals surface area (Å²) in [7, 11) is 0. The first-order valence-electron chi connectivity index (χ1n) is 23.2. The Labute approximate surface area is 388 Å². The summed E-state index contributed by atoms with van der Waals surface area (Å²) in [5.41, 5.74) is 14.1. The first-order valence-corrected chi connectivity index (χ1v) is 24.0. The van der Waals surface area contributed by atoms with E-state index in [4.69, 9.17) is 13.8 Å². The third-order valence-corrected chi connectivity index (χ3v) is 14.5. The quantitative estimate of drug-likeness (QED) is 0.121. The zero-order valence-corrected chi connectivity index (χ0v) is 37.9. The molecule has 1 atom stereocenters. The van der Waals surface area contributed by atoms with Crippen LogP contribution in [0.15, 0.2) is 207 Å². The number of allylic oxidation sites excluding steroid dienone is 1. The van der Waals surface area contributed by atoms with Gasteiger partial charge in [0.15, 0.2) is 0 Å². The zero-order chi connectivity index (χ0) is 44.1. The Morgan fingerprint density at radius 1 is 0.515 bits per heavy atom. The number of rotatable bonds is 11. The zero-order valence-electron chi connectivity index (χ0n) is 37.1. The molecule has 12 rings (SSSR count). The van der Waals surface area contributed by atoms with E-state index in [1.165, 1.54) is 58.8 Å². The van der Waals surface area contributed by atoms with Crippen LogP contribution < -0.4 is 0 Å². The molecule has 12 aromatic rings. The molecule has 318 valence electrons. The lowest BCUT2D eigenvalue weighted by molar-refractivity contribution is 0.608. The van der Waals surface area contributed by atoms with E-state index in [-0.39, 0.29) is 6.04 Å². The van der Waals surface area contributed by atoms with Crippen molar-refractivity contribution < 1.29 is 8.83 Å². The van der Waals surface area contributed by atoms with Crippen molar-refractivity contribution >= 4 is 97.9 Å². The molecule has 0 spiro atoms. The normalized spacial score (nSPS) is 13.1. The van der Waals surface area contributed by atoms with Crippen molar-refractivity contribution in [2.45, 2.75) is 45.6 Å². The molecule has 4 heteroatoms. The molecular formula is C62H47NO2S. The Morgan fingerprint density at radius 3 is 1.97 bits per heavy atom. The summed E-state index contributed by atoms with van der Waals surface area (Å²) < 4.78 is 15.9. The van der Waals surface area contributed by atoms with E-state index in [1.807, 2.05) is 23.5 Å². The Hall–Kier alpha value is -7.53. The molecule has 66 heavy (non-hydrogen) atoms. The molecular weight excluding hydrogens is 823 g/mol. The summed E-state index contributed by atoms with van der Waals surface area (Å²) in [4.78, 5) is 5.80. The second-order valence-corrected chi connectivity index (χ2v) is 18.7. The number of hydrogen-bond acceptors (Lipinski definition) is 4. The Morgan fingerprint density at radius 2 is 1.14 bits per heavy atom. The molecule has 0 saturated carbocycles. The predicted octanol–water partition coefficient (Wildman–Crippen LogP) is 18.6. The van der Waals surface area contributed by atoms with Gasteiger partial charge in [-0.15, -0.1) is 11.3 Å². The van der Waals surface area contributed by atoms with Gasteiger partial charge < -0.3 is 8.83 Å². The number of hydrogen-bond donors (Lipinski definition) is 0. The van der Waals surface area contributed by atoms with E-state index in [0.29, 0.717) is 0 Å². The topological polar surface area (TPSA) is 38.6 Å². The van der Waals surface area contributed by atoms with Crippen LogP contribution in [-0.4, -0.2) is 5.71 Å². The van der Waals surface area contributed by atoms with Crippen LogP contribution >= 0.6 is 11.3 Å². The molecule has 0 fully saturated rings. The summed E-state index contributed by atoms with van der Waals surface area (Å²) >= 11 is 1.87. The van der Waals surface area contributed by atoms with Gasteiger partial charge in [-0.05, 0) is 87.8 Å². The van der Waals surface area contributed by atoms with E-state index >= 15 is 0 Å². The molecule has 0 bridgehead atoms. The van der Waals surface area contributed by atoms with Crippen LogP contribution in [0.4, 0.5) is 0 Å². The minimum Gasteiger partial charge on any atom is -0.456 e. The Balaban J connectivity index is 0.976. The van der Waals surface area contributed by atoms with Crippen LogP contribution in [0.2, 0.25) is 0 Å². The van der Waals surface area contributed by atoms with Crippen LogP contribution in [0.1, 0.15) is 62.3 Å². The van der Waals surface area contributed by atoms with E-state index in [1.54, 1.807) is 0 Å². The number of fused-ring (bicyclic) bond motifs is 10. The maximum Gasteiger partial charge on any atom is 0.143 e. The number of thiophene rings is 1. The highest BCUT2D eigenvalue weighted by Gasteiger charge is 2.22. The van der Waals surface area contributed by atoms with Gasteiger partial charge in [-0.25, -0.2) is 0 Å². The van der Waals surface area contributed by atoms with Crippen molar-refractivity contribution in [1.29, 1.82) is 0 Å². The Kier molecular flexibility index (Phi) is 10.2. The third kappa shape index (κ3) is 6.92. The van der Waals surface area contributed by atoms with Crippen molar-refractivity contribution in [2.24, 2.45) is 4.99 Å². The number of para-hydroxylation sites is 2. The molecule has 0 amide bonds. The van der Waals surface area contributed by atoms with Crippen LogP contribution in [-0.2, 0) is 0 Å². The van der Waals surface area contributed by atoms with Gasteiger partial charge in [-0.1, -0.05) is 189 Å². The van der Waals surface area contributed by atoms with E-state index in [2.05, 4.69) is 196 Å². The first kappa shape index (κ1) is 40.0. The second-order valence-electron chi connectivity index (χ2n) is 17.6.